The van der Waals surface area contributed by atoms with Crippen molar-refractivity contribution in [3.63, 3.8) is 0 Å². The van der Waals surface area contributed by atoms with Crippen molar-refractivity contribution in [1.82, 2.24) is 9.59 Å². The average molecular weight is 319 g/mol. The van der Waals surface area contributed by atoms with Crippen molar-refractivity contribution in [2.24, 2.45) is 0 Å². The number of halogens is 3. The van der Waals surface area contributed by atoms with E-state index in [4.69, 9.17) is 11.6 Å². The van der Waals surface area contributed by atoms with Gasteiger partial charge in [0.15, 0.2) is 0 Å². The van der Waals surface area contributed by atoms with Crippen LogP contribution < -0.4 is 10.6 Å². The molecule has 2 aromatic rings. The van der Waals surface area contributed by atoms with Gasteiger partial charge in [0, 0.05) is 24.5 Å². The van der Waals surface area contributed by atoms with Crippen LogP contribution in [0.2, 0.25) is 4.34 Å². The molecule has 2 N–H and O–H groups in total. The van der Waals surface area contributed by atoms with E-state index in [9.17, 15) is 13.6 Å². The summed E-state index contributed by atoms with van der Waals surface area (Å²) in [5.41, 5.74) is 0.379. The lowest BCUT2D eigenvalue weighted by atomic mass is 10.2. The molecule has 0 spiro atoms. The molecule has 1 amide bonds. The summed E-state index contributed by atoms with van der Waals surface area (Å²) in [6.07, 6.45) is 0. The van der Waals surface area contributed by atoms with Gasteiger partial charge in [-0.1, -0.05) is 16.1 Å². The summed E-state index contributed by atoms with van der Waals surface area (Å²) in [7, 11) is 0. The second-order valence-corrected chi connectivity index (χ2v) is 5.20. The van der Waals surface area contributed by atoms with E-state index < -0.39 is 17.5 Å². The zero-order valence-corrected chi connectivity index (χ0v) is 11.8. The van der Waals surface area contributed by atoms with E-state index in [-0.39, 0.29) is 17.9 Å². The first-order valence-electron chi connectivity index (χ1n) is 5.44. The monoisotopic (exact) mass is 318 g/mol. The topological polar surface area (TPSA) is 66.9 Å². The third-order valence-corrected chi connectivity index (χ3v) is 3.31. The minimum absolute atomic E-state index is 0.0271. The standard InChI is InChI=1S/C11H9ClF2N4OS/c1-5(19)16-9-3-8(6(13)2-7(9)14)15-4-10-11(12)20-18-17-10/h2-3,15H,4H2,1H3,(H,16,19). The number of nitrogens with zero attached hydrogens (tertiary/aromatic N) is 2. The molecule has 0 aliphatic rings. The molecule has 0 fully saturated rings. The molecular formula is C11H9ClF2N4OS. The van der Waals surface area contributed by atoms with Crippen LogP contribution in [0.3, 0.4) is 0 Å². The Hall–Kier alpha value is -1.80. The smallest absolute Gasteiger partial charge is 0.221 e. The average Bonchev–Trinajstić information content (AvgIpc) is 2.76. The minimum Gasteiger partial charge on any atom is -0.377 e. The number of amides is 1. The third-order valence-electron chi connectivity index (χ3n) is 2.32. The molecule has 0 aliphatic heterocycles. The van der Waals surface area contributed by atoms with Crippen LogP contribution >= 0.6 is 23.1 Å². The summed E-state index contributed by atoms with van der Waals surface area (Å²) in [5, 5.41) is 8.75. The van der Waals surface area contributed by atoms with Crippen molar-refractivity contribution < 1.29 is 13.6 Å². The molecule has 0 bridgehead atoms. The van der Waals surface area contributed by atoms with E-state index in [0.717, 1.165) is 11.5 Å². The number of rotatable bonds is 4. The number of aromatic nitrogens is 2. The number of hydrogen-bond acceptors (Lipinski definition) is 5. The highest BCUT2D eigenvalue weighted by atomic mass is 35.5. The molecule has 0 radical (unpaired) electrons. The first-order chi connectivity index (χ1) is 9.47. The van der Waals surface area contributed by atoms with Gasteiger partial charge in [0.2, 0.25) is 5.91 Å². The van der Waals surface area contributed by atoms with Crippen LogP contribution in [0.4, 0.5) is 20.2 Å². The van der Waals surface area contributed by atoms with E-state index in [0.29, 0.717) is 16.1 Å². The molecule has 1 heterocycles. The Kier molecular flexibility index (Phi) is 4.46. The van der Waals surface area contributed by atoms with Crippen LogP contribution in [0.25, 0.3) is 0 Å². The van der Waals surface area contributed by atoms with Crippen LogP contribution in [0, 0.1) is 11.6 Å². The van der Waals surface area contributed by atoms with Crippen molar-refractivity contribution in [1.29, 1.82) is 0 Å². The Bertz CT molecular complexity index is 649. The maximum absolute atomic E-state index is 13.6. The normalized spacial score (nSPS) is 10.4. The van der Waals surface area contributed by atoms with Gasteiger partial charge in [-0.15, -0.1) is 5.10 Å². The van der Waals surface area contributed by atoms with E-state index >= 15 is 0 Å². The first kappa shape index (κ1) is 14.6. The largest absolute Gasteiger partial charge is 0.377 e. The summed E-state index contributed by atoms with van der Waals surface area (Å²) < 4.78 is 31.1. The third kappa shape index (κ3) is 3.40. The highest BCUT2D eigenvalue weighted by molar-refractivity contribution is 7.10. The highest BCUT2D eigenvalue weighted by Gasteiger charge is 2.12. The second kappa shape index (κ2) is 6.10. The zero-order valence-electron chi connectivity index (χ0n) is 10.2. The van der Waals surface area contributed by atoms with Crippen molar-refractivity contribution in [2.45, 2.75) is 13.5 Å². The Labute approximate surface area is 122 Å². The van der Waals surface area contributed by atoms with Crippen molar-refractivity contribution in [2.75, 3.05) is 10.6 Å². The summed E-state index contributed by atoms with van der Waals surface area (Å²) in [6.45, 7) is 1.37. The van der Waals surface area contributed by atoms with Crippen molar-refractivity contribution in [3.8, 4) is 0 Å². The van der Waals surface area contributed by atoms with Crippen molar-refractivity contribution in [3.05, 3.63) is 33.8 Å². The molecule has 2 rings (SSSR count). The fourth-order valence-electron chi connectivity index (χ4n) is 1.45. The van der Waals surface area contributed by atoms with E-state index in [2.05, 4.69) is 20.2 Å². The van der Waals surface area contributed by atoms with Gasteiger partial charge in [0.05, 0.1) is 17.9 Å². The fraction of sp³-hybridized carbons (Fsp3) is 0.182. The van der Waals surface area contributed by atoms with Crippen molar-refractivity contribution >= 4 is 40.4 Å². The van der Waals surface area contributed by atoms with Crippen LogP contribution in [-0.2, 0) is 11.3 Å². The molecule has 1 aromatic carbocycles. The molecule has 0 unspecified atom stereocenters. The van der Waals surface area contributed by atoms with Gasteiger partial charge < -0.3 is 10.6 Å². The van der Waals surface area contributed by atoms with Gasteiger partial charge in [-0.05, 0) is 6.07 Å². The van der Waals surface area contributed by atoms with Gasteiger partial charge >= 0.3 is 0 Å². The highest BCUT2D eigenvalue weighted by Crippen LogP contribution is 2.25. The maximum atomic E-state index is 13.6. The Morgan fingerprint density at radius 1 is 1.35 bits per heavy atom. The summed E-state index contributed by atoms with van der Waals surface area (Å²) in [6, 6.07) is 1.86. The fourth-order valence-corrected chi connectivity index (χ4v) is 2.08. The Morgan fingerprint density at radius 2 is 2.05 bits per heavy atom. The second-order valence-electron chi connectivity index (χ2n) is 3.84. The molecule has 5 nitrogen and oxygen atoms in total. The van der Waals surface area contributed by atoms with Gasteiger partial charge in [0.25, 0.3) is 0 Å². The molecule has 9 heteroatoms. The van der Waals surface area contributed by atoms with Gasteiger partial charge in [-0.2, -0.15) is 0 Å². The molecule has 0 aliphatic carbocycles. The Morgan fingerprint density at radius 3 is 2.65 bits per heavy atom. The predicted octanol–water partition coefficient (Wildman–Crippen LogP) is 3.04. The lowest BCUT2D eigenvalue weighted by molar-refractivity contribution is -0.114. The van der Waals surface area contributed by atoms with Crippen LogP contribution in [0.1, 0.15) is 12.6 Å². The summed E-state index contributed by atoms with van der Waals surface area (Å²) in [5.74, 6) is -2.08. The molecule has 0 saturated heterocycles. The predicted molar refractivity (Wildman–Crippen MR) is 72.9 cm³/mol. The lowest BCUT2D eigenvalue weighted by Gasteiger charge is -2.10. The maximum Gasteiger partial charge on any atom is 0.221 e. The summed E-state index contributed by atoms with van der Waals surface area (Å²) >= 11 is 6.83. The first-order valence-corrected chi connectivity index (χ1v) is 6.59. The van der Waals surface area contributed by atoms with Gasteiger partial charge in [-0.25, -0.2) is 8.78 Å². The van der Waals surface area contributed by atoms with E-state index in [1.165, 1.54) is 13.0 Å². The van der Waals surface area contributed by atoms with Gasteiger partial charge in [-0.3, -0.25) is 4.79 Å². The number of anilines is 2. The van der Waals surface area contributed by atoms with Crippen LogP contribution in [-0.4, -0.2) is 15.5 Å². The molecule has 0 saturated carbocycles. The number of hydrogen-bond donors (Lipinski definition) is 2. The molecule has 106 valence electrons. The summed E-state index contributed by atoms with van der Waals surface area (Å²) in [4.78, 5) is 10.9. The number of benzene rings is 1. The van der Waals surface area contributed by atoms with Gasteiger partial charge in [0.1, 0.15) is 21.7 Å². The molecular weight excluding hydrogens is 310 g/mol. The quantitative estimate of drug-likeness (QED) is 0.909. The minimum atomic E-state index is -0.850. The SMILES string of the molecule is CC(=O)Nc1cc(NCc2nnsc2Cl)c(F)cc1F. The molecule has 20 heavy (non-hydrogen) atoms. The Balaban J connectivity index is 2.18. The zero-order chi connectivity index (χ0) is 14.7. The lowest BCUT2D eigenvalue weighted by Crippen LogP contribution is -2.09. The van der Waals surface area contributed by atoms with Crippen LogP contribution in [0.5, 0.6) is 0 Å². The number of nitrogens with one attached hydrogen (secondary N) is 2. The van der Waals surface area contributed by atoms with E-state index in [1.807, 2.05) is 0 Å². The number of carbonyl (C=O) groups excluding carboxylic acids is 1. The number of carbonyl (C=O) groups is 1. The molecule has 1 aromatic heterocycles. The molecule has 0 atom stereocenters. The van der Waals surface area contributed by atoms with E-state index in [1.54, 1.807) is 0 Å². The van der Waals surface area contributed by atoms with Crippen LogP contribution in [0.15, 0.2) is 12.1 Å².